The molecule has 0 aliphatic heterocycles. The minimum Gasteiger partial charge on any atom is -0.432 e. The molecular weight excluding hydrogens is 345 g/mol. The van der Waals surface area contributed by atoms with E-state index in [1.165, 1.54) is 12.1 Å². The summed E-state index contributed by atoms with van der Waals surface area (Å²) >= 11 is 11.1. The van der Waals surface area contributed by atoms with E-state index in [2.05, 4.69) is 18.5 Å². The second-order valence-electron chi connectivity index (χ2n) is 4.82. The molecule has 2 aromatic carbocycles. The normalized spacial score (nSPS) is 9.96. The first-order chi connectivity index (χ1) is 11.4. The summed E-state index contributed by atoms with van der Waals surface area (Å²) in [7, 11) is -1.67. The van der Waals surface area contributed by atoms with E-state index in [0.29, 0.717) is 11.4 Å². The molecule has 0 spiro atoms. The summed E-state index contributed by atoms with van der Waals surface area (Å²) in [6.07, 6.45) is 3.43. The molecule has 24 heavy (non-hydrogen) atoms. The average molecular weight is 360 g/mol. The number of ether oxygens (including phenoxy) is 1. The highest BCUT2D eigenvalue weighted by Crippen LogP contribution is 2.21. The maximum absolute atomic E-state index is 9.27. The van der Waals surface area contributed by atoms with E-state index in [1.54, 1.807) is 30.4 Å². The molecule has 0 heterocycles. The first kappa shape index (κ1) is 18.2. The third-order valence-corrected chi connectivity index (χ3v) is 3.76. The molecule has 0 saturated heterocycles. The molecule has 0 atom stereocenters. The lowest BCUT2D eigenvalue weighted by Gasteiger charge is -2.12. The molecule has 0 saturated carbocycles. The van der Waals surface area contributed by atoms with Crippen molar-refractivity contribution in [1.29, 1.82) is 0 Å². The Balaban J connectivity index is 2.12. The van der Waals surface area contributed by atoms with E-state index in [9.17, 15) is 10.0 Å². The summed E-state index contributed by atoms with van der Waals surface area (Å²) in [5, 5.41) is 21.8. The number of nitrogens with one attached hydrogen (secondary N) is 1. The van der Waals surface area contributed by atoms with Crippen LogP contribution in [0.3, 0.4) is 0 Å². The number of hydrogen-bond donors (Lipinski definition) is 3. The van der Waals surface area contributed by atoms with Crippen molar-refractivity contribution >= 4 is 59.4 Å². The van der Waals surface area contributed by atoms with E-state index in [4.69, 9.17) is 28.6 Å². The van der Waals surface area contributed by atoms with Crippen LogP contribution in [0.4, 0.5) is 5.69 Å². The molecule has 0 amide bonds. The van der Waals surface area contributed by atoms with Gasteiger partial charge in [0.1, 0.15) is 5.75 Å². The maximum Gasteiger partial charge on any atom is 0.490 e. The zero-order valence-electron chi connectivity index (χ0n) is 12.7. The van der Waals surface area contributed by atoms with Crippen LogP contribution < -0.4 is 15.5 Å². The van der Waals surface area contributed by atoms with Gasteiger partial charge in [-0.25, -0.2) is 0 Å². The highest BCUT2D eigenvalue weighted by atomic mass is 35.5. The van der Waals surface area contributed by atoms with Crippen LogP contribution in [0.5, 0.6) is 5.75 Å². The Morgan fingerprint density at radius 3 is 2.46 bits per heavy atom. The van der Waals surface area contributed by atoms with Crippen LogP contribution in [0.2, 0.25) is 5.02 Å². The maximum atomic E-state index is 9.27. The van der Waals surface area contributed by atoms with Crippen LogP contribution in [0.25, 0.3) is 12.2 Å². The number of hydrogen-bond acceptors (Lipinski definition) is 4. The Morgan fingerprint density at radius 2 is 1.83 bits per heavy atom. The number of thiocarbonyl (C=S) groups is 1. The minimum absolute atomic E-state index is 0.108. The molecule has 0 fully saturated rings. The summed E-state index contributed by atoms with van der Waals surface area (Å²) in [6, 6.07) is 10.1. The molecule has 0 bridgehead atoms. The first-order valence-corrected chi connectivity index (χ1v) is 7.76. The quantitative estimate of drug-likeness (QED) is 0.566. The molecule has 2 aromatic rings. The Hall–Kier alpha value is -2.12. The second kappa shape index (κ2) is 8.12. The zero-order valence-corrected chi connectivity index (χ0v) is 14.3. The van der Waals surface area contributed by atoms with Crippen LogP contribution in [-0.2, 0) is 0 Å². The summed E-state index contributed by atoms with van der Waals surface area (Å²) in [5.41, 5.74) is 2.52. The lowest BCUT2D eigenvalue weighted by Crippen LogP contribution is -2.31. The van der Waals surface area contributed by atoms with Crippen LogP contribution in [0.1, 0.15) is 11.1 Å². The van der Waals surface area contributed by atoms with Gasteiger partial charge < -0.3 is 20.1 Å². The fraction of sp³-hybridized carbons (Fsp3) is 0. The van der Waals surface area contributed by atoms with Gasteiger partial charge in [-0.3, -0.25) is 0 Å². The SMILES string of the molecule is C=Cc1ccc(OC(=S)Nc2ccc(Cl)c(B(O)O)c2)cc1C=C. The van der Waals surface area contributed by atoms with Crippen LogP contribution in [-0.4, -0.2) is 22.3 Å². The van der Waals surface area contributed by atoms with Crippen LogP contribution in [0, 0.1) is 0 Å². The molecule has 2 rings (SSSR count). The largest absolute Gasteiger partial charge is 0.490 e. The lowest BCUT2D eigenvalue weighted by molar-refractivity contribution is 0.426. The summed E-state index contributed by atoms with van der Waals surface area (Å²) in [4.78, 5) is 0. The van der Waals surface area contributed by atoms with Crippen molar-refractivity contribution in [2.75, 3.05) is 5.32 Å². The highest BCUT2D eigenvalue weighted by molar-refractivity contribution is 7.80. The third kappa shape index (κ3) is 4.46. The average Bonchev–Trinajstić information content (AvgIpc) is 2.56. The summed E-state index contributed by atoms with van der Waals surface area (Å²) < 4.78 is 5.57. The lowest BCUT2D eigenvalue weighted by atomic mass is 9.80. The van der Waals surface area contributed by atoms with Gasteiger partial charge >= 0.3 is 7.12 Å². The second-order valence-corrected chi connectivity index (χ2v) is 5.60. The van der Waals surface area contributed by atoms with Gasteiger partial charge in [0.2, 0.25) is 0 Å². The van der Waals surface area contributed by atoms with E-state index < -0.39 is 7.12 Å². The predicted molar refractivity (Wildman–Crippen MR) is 105 cm³/mol. The molecule has 122 valence electrons. The summed E-state index contributed by atoms with van der Waals surface area (Å²) in [5.74, 6) is 0.546. The Bertz CT molecular complexity index is 795. The molecular formula is C17H15BClNO3S. The van der Waals surface area contributed by atoms with Gasteiger partial charge in [-0.1, -0.05) is 43.0 Å². The molecule has 0 radical (unpaired) electrons. The molecule has 4 nitrogen and oxygen atoms in total. The highest BCUT2D eigenvalue weighted by Gasteiger charge is 2.16. The van der Waals surface area contributed by atoms with Crippen molar-refractivity contribution < 1.29 is 14.8 Å². The molecule has 0 aliphatic rings. The van der Waals surface area contributed by atoms with Crippen molar-refractivity contribution in [3.8, 4) is 5.75 Å². The standard InChI is InChI=1S/C17H15BClNO3S/c1-3-11-5-7-14(9-12(11)4-2)23-17(24)20-13-6-8-16(19)15(10-13)18(21)22/h3-10,21-22H,1-2H2,(H,20,24). The van der Waals surface area contributed by atoms with E-state index in [0.717, 1.165) is 11.1 Å². The minimum atomic E-state index is -1.67. The van der Waals surface area contributed by atoms with Gasteiger partial charge in [-0.2, -0.15) is 0 Å². The monoisotopic (exact) mass is 359 g/mol. The summed E-state index contributed by atoms with van der Waals surface area (Å²) in [6.45, 7) is 7.49. The zero-order chi connectivity index (χ0) is 17.7. The van der Waals surface area contributed by atoms with Gasteiger partial charge in [-0.15, -0.1) is 0 Å². The van der Waals surface area contributed by atoms with Crippen molar-refractivity contribution in [1.82, 2.24) is 0 Å². The smallest absolute Gasteiger partial charge is 0.432 e. The van der Waals surface area contributed by atoms with Crippen LogP contribution in [0.15, 0.2) is 49.6 Å². The van der Waals surface area contributed by atoms with Crippen molar-refractivity contribution in [2.24, 2.45) is 0 Å². The Morgan fingerprint density at radius 1 is 1.12 bits per heavy atom. The Kier molecular flexibility index (Phi) is 6.17. The number of halogens is 1. The molecule has 7 heteroatoms. The number of anilines is 1. The van der Waals surface area contributed by atoms with E-state index >= 15 is 0 Å². The van der Waals surface area contributed by atoms with E-state index in [-0.39, 0.29) is 15.7 Å². The van der Waals surface area contributed by atoms with Gasteiger partial charge in [0.05, 0.1) is 0 Å². The van der Waals surface area contributed by atoms with Crippen molar-refractivity contribution in [2.45, 2.75) is 0 Å². The molecule has 0 aromatic heterocycles. The fourth-order valence-electron chi connectivity index (χ4n) is 2.05. The van der Waals surface area contributed by atoms with Gasteiger partial charge in [0, 0.05) is 16.2 Å². The number of benzene rings is 2. The Labute approximate surface area is 151 Å². The fourth-order valence-corrected chi connectivity index (χ4v) is 2.48. The molecule has 0 aliphatic carbocycles. The molecule has 0 unspecified atom stereocenters. The van der Waals surface area contributed by atoms with E-state index in [1.807, 2.05) is 6.07 Å². The van der Waals surface area contributed by atoms with Crippen LogP contribution >= 0.6 is 23.8 Å². The number of rotatable bonds is 5. The van der Waals surface area contributed by atoms with Gasteiger partial charge in [0.15, 0.2) is 0 Å². The van der Waals surface area contributed by atoms with Crippen molar-refractivity contribution in [3.05, 3.63) is 65.7 Å². The first-order valence-electron chi connectivity index (χ1n) is 6.98. The van der Waals surface area contributed by atoms with Crippen molar-refractivity contribution in [3.63, 3.8) is 0 Å². The third-order valence-electron chi connectivity index (χ3n) is 3.23. The molecule has 3 N–H and O–H groups in total. The topological polar surface area (TPSA) is 61.7 Å². The van der Waals surface area contributed by atoms with Gasteiger partial charge in [-0.05, 0) is 53.7 Å². The van der Waals surface area contributed by atoms with Gasteiger partial charge in [0.25, 0.3) is 5.17 Å². The predicted octanol–water partition coefficient (Wildman–Crippen LogP) is 3.08.